The van der Waals surface area contributed by atoms with Crippen LogP contribution in [-0.2, 0) is 16.0 Å². The molecule has 1 saturated carbocycles. The summed E-state index contributed by atoms with van der Waals surface area (Å²) in [7, 11) is 0. The second-order valence-electron chi connectivity index (χ2n) is 4.51. The maximum Gasteiger partial charge on any atom is 0.240 e. The molecule has 0 bridgehead atoms. The van der Waals surface area contributed by atoms with Crippen LogP contribution in [0.25, 0.3) is 0 Å². The first-order chi connectivity index (χ1) is 8.29. The van der Waals surface area contributed by atoms with E-state index in [0.29, 0.717) is 18.2 Å². The van der Waals surface area contributed by atoms with E-state index in [-0.39, 0.29) is 5.91 Å². The highest BCUT2D eigenvalue weighted by molar-refractivity contribution is 5.97. The first-order valence-corrected chi connectivity index (χ1v) is 5.82. The SMILES string of the molecule is O=C=Nc1ccc2c(c1)CCC(=O)N2C1CC1. The summed E-state index contributed by atoms with van der Waals surface area (Å²) in [5, 5.41) is 0. The lowest BCUT2D eigenvalue weighted by Gasteiger charge is -2.29. The number of aryl methyl sites for hydroxylation is 1. The van der Waals surface area contributed by atoms with Gasteiger partial charge in [0.2, 0.25) is 12.0 Å². The third kappa shape index (κ3) is 1.77. The van der Waals surface area contributed by atoms with Crippen molar-refractivity contribution in [1.29, 1.82) is 0 Å². The fraction of sp³-hybridized carbons (Fsp3) is 0.385. The van der Waals surface area contributed by atoms with Gasteiger partial charge in [-0.3, -0.25) is 4.79 Å². The molecular weight excluding hydrogens is 216 g/mol. The van der Waals surface area contributed by atoms with Crippen molar-refractivity contribution in [3.05, 3.63) is 23.8 Å². The summed E-state index contributed by atoms with van der Waals surface area (Å²) < 4.78 is 0. The summed E-state index contributed by atoms with van der Waals surface area (Å²) in [4.78, 5) is 27.6. The predicted molar refractivity (Wildman–Crippen MR) is 63.1 cm³/mol. The molecule has 1 aliphatic carbocycles. The molecule has 1 aromatic rings. The maximum absolute atomic E-state index is 11.9. The van der Waals surface area contributed by atoms with E-state index in [4.69, 9.17) is 0 Å². The minimum absolute atomic E-state index is 0.214. The van der Waals surface area contributed by atoms with E-state index >= 15 is 0 Å². The minimum atomic E-state index is 0.214. The molecule has 1 aliphatic heterocycles. The van der Waals surface area contributed by atoms with Gasteiger partial charge in [0.05, 0.1) is 5.69 Å². The molecule has 4 nitrogen and oxygen atoms in total. The summed E-state index contributed by atoms with van der Waals surface area (Å²) in [5.41, 5.74) is 2.71. The van der Waals surface area contributed by atoms with Crippen LogP contribution in [0, 0.1) is 0 Å². The summed E-state index contributed by atoms with van der Waals surface area (Å²) >= 11 is 0. The zero-order chi connectivity index (χ0) is 11.8. The normalized spacial score (nSPS) is 18.6. The molecule has 0 N–H and O–H groups in total. The van der Waals surface area contributed by atoms with Crippen LogP contribution in [0.15, 0.2) is 23.2 Å². The number of isocyanates is 1. The molecule has 0 saturated heterocycles. The summed E-state index contributed by atoms with van der Waals surface area (Å²) in [6.07, 6.45) is 5.02. The fourth-order valence-corrected chi connectivity index (χ4v) is 2.36. The Morgan fingerprint density at radius 3 is 2.82 bits per heavy atom. The Kier molecular flexibility index (Phi) is 2.30. The van der Waals surface area contributed by atoms with Gasteiger partial charge in [-0.05, 0) is 43.0 Å². The van der Waals surface area contributed by atoms with Crippen molar-refractivity contribution in [2.24, 2.45) is 4.99 Å². The zero-order valence-electron chi connectivity index (χ0n) is 9.35. The molecule has 0 atom stereocenters. The first-order valence-electron chi connectivity index (χ1n) is 5.82. The second-order valence-corrected chi connectivity index (χ2v) is 4.51. The predicted octanol–water partition coefficient (Wildman–Crippen LogP) is 2.10. The number of fused-ring (bicyclic) bond motifs is 1. The average molecular weight is 228 g/mol. The highest BCUT2D eigenvalue weighted by Crippen LogP contribution is 2.38. The highest BCUT2D eigenvalue weighted by Gasteiger charge is 2.36. The Labute approximate surface area is 99.0 Å². The highest BCUT2D eigenvalue weighted by atomic mass is 16.2. The molecular formula is C13H12N2O2. The number of hydrogen-bond acceptors (Lipinski definition) is 3. The van der Waals surface area contributed by atoms with Gasteiger partial charge in [0.25, 0.3) is 0 Å². The molecule has 1 fully saturated rings. The number of anilines is 1. The molecule has 4 heteroatoms. The summed E-state index contributed by atoms with van der Waals surface area (Å²) in [6, 6.07) is 5.92. The molecule has 1 amide bonds. The van der Waals surface area contributed by atoms with Gasteiger partial charge in [-0.2, -0.15) is 4.99 Å². The Morgan fingerprint density at radius 1 is 1.29 bits per heavy atom. The number of amides is 1. The minimum Gasteiger partial charge on any atom is -0.309 e. The average Bonchev–Trinajstić information content (AvgIpc) is 3.14. The molecule has 0 unspecified atom stereocenters. The van der Waals surface area contributed by atoms with Crippen molar-refractivity contribution in [2.75, 3.05) is 4.90 Å². The number of carbonyl (C=O) groups is 1. The van der Waals surface area contributed by atoms with E-state index < -0.39 is 0 Å². The van der Waals surface area contributed by atoms with Gasteiger partial charge in [0.1, 0.15) is 0 Å². The van der Waals surface area contributed by atoms with Gasteiger partial charge < -0.3 is 4.90 Å². The van der Waals surface area contributed by atoms with Gasteiger partial charge in [-0.25, -0.2) is 4.79 Å². The van der Waals surface area contributed by atoms with E-state index in [0.717, 1.165) is 30.5 Å². The Bertz CT molecular complexity index is 528. The van der Waals surface area contributed by atoms with Crippen LogP contribution >= 0.6 is 0 Å². The van der Waals surface area contributed by atoms with E-state index in [2.05, 4.69) is 4.99 Å². The van der Waals surface area contributed by atoms with Gasteiger partial charge in [-0.1, -0.05) is 0 Å². The number of nitrogens with zero attached hydrogens (tertiary/aromatic N) is 2. The number of hydrogen-bond donors (Lipinski definition) is 0. The van der Waals surface area contributed by atoms with Gasteiger partial charge >= 0.3 is 0 Å². The van der Waals surface area contributed by atoms with Crippen molar-refractivity contribution >= 4 is 23.4 Å². The molecule has 2 aliphatic rings. The van der Waals surface area contributed by atoms with Gasteiger partial charge in [-0.15, -0.1) is 0 Å². The summed E-state index contributed by atoms with van der Waals surface area (Å²) in [6.45, 7) is 0. The summed E-state index contributed by atoms with van der Waals surface area (Å²) in [5.74, 6) is 0.214. The van der Waals surface area contributed by atoms with Crippen molar-refractivity contribution in [3.8, 4) is 0 Å². The van der Waals surface area contributed by atoms with Crippen LogP contribution in [-0.4, -0.2) is 18.0 Å². The van der Waals surface area contributed by atoms with Crippen LogP contribution in [0.2, 0.25) is 0 Å². The van der Waals surface area contributed by atoms with Crippen molar-refractivity contribution in [1.82, 2.24) is 0 Å². The Morgan fingerprint density at radius 2 is 2.12 bits per heavy atom. The lowest BCUT2D eigenvalue weighted by molar-refractivity contribution is -0.119. The Balaban J connectivity index is 2.03. The largest absolute Gasteiger partial charge is 0.309 e. The number of aliphatic imine (C=N–C) groups is 1. The number of rotatable bonds is 2. The smallest absolute Gasteiger partial charge is 0.240 e. The van der Waals surface area contributed by atoms with E-state index in [1.807, 2.05) is 17.0 Å². The van der Waals surface area contributed by atoms with E-state index in [1.54, 1.807) is 12.1 Å². The quantitative estimate of drug-likeness (QED) is 0.575. The Hall–Kier alpha value is -1.93. The van der Waals surface area contributed by atoms with Crippen LogP contribution in [0.3, 0.4) is 0 Å². The first kappa shape index (κ1) is 10.2. The number of benzene rings is 1. The molecule has 0 aromatic heterocycles. The van der Waals surface area contributed by atoms with Gasteiger partial charge in [0.15, 0.2) is 0 Å². The zero-order valence-corrected chi connectivity index (χ0v) is 9.35. The van der Waals surface area contributed by atoms with Gasteiger partial charge in [0, 0.05) is 18.2 Å². The molecule has 1 aromatic carbocycles. The fourth-order valence-electron chi connectivity index (χ4n) is 2.36. The topological polar surface area (TPSA) is 49.7 Å². The second kappa shape index (κ2) is 3.82. The van der Waals surface area contributed by atoms with E-state index in [9.17, 15) is 9.59 Å². The third-order valence-electron chi connectivity index (χ3n) is 3.29. The maximum atomic E-state index is 11.9. The van der Waals surface area contributed by atoms with Crippen LogP contribution < -0.4 is 4.90 Å². The van der Waals surface area contributed by atoms with Crippen LogP contribution in [0.1, 0.15) is 24.8 Å². The lowest BCUT2D eigenvalue weighted by atomic mass is 10.0. The van der Waals surface area contributed by atoms with E-state index in [1.165, 1.54) is 0 Å². The van der Waals surface area contributed by atoms with Crippen LogP contribution in [0.4, 0.5) is 11.4 Å². The lowest BCUT2D eigenvalue weighted by Crippen LogP contribution is -2.36. The van der Waals surface area contributed by atoms with Crippen LogP contribution in [0.5, 0.6) is 0 Å². The molecule has 3 rings (SSSR count). The number of carbonyl (C=O) groups excluding carboxylic acids is 2. The molecule has 0 spiro atoms. The molecule has 1 heterocycles. The van der Waals surface area contributed by atoms with Crippen molar-refractivity contribution in [2.45, 2.75) is 31.7 Å². The molecule has 17 heavy (non-hydrogen) atoms. The third-order valence-corrected chi connectivity index (χ3v) is 3.29. The standard InChI is InChI=1S/C13H12N2O2/c16-8-14-10-2-5-12-9(7-10)1-6-13(17)15(12)11-3-4-11/h2,5,7,11H,1,3-4,6H2. The van der Waals surface area contributed by atoms with Crippen molar-refractivity contribution < 1.29 is 9.59 Å². The molecule has 0 radical (unpaired) electrons. The molecule has 86 valence electrons. The monoisotopic (exact) mass is 228 g/mol. The van der Waals surface area contributed by atoms with Crippen molar-refractivity contribution in [3.63, 3.8) is 0 Å².